The molecule has 0 amide bonds. The highest BCUT2D eigenvalue weighted by Crippen LogP contribution is 2.40. The predicted molar refractivity (Wildman–Crippen MR) is 129 cm³/mol. The molecule has 0 unspecified atom stereocenters. The van der Waals surface area contributed by atoms with Gasteiger partial charge in [-0.2, -0.15) is 0 Å². The molecule has 2 aliphatic rings. The normalized spacial score (nSPS) is 27.1. The molecule has 0 bridgehead atoms. The molecular formula is C26H35NO6S. The van der Waals surface area contributed by atoms with Crippen LogP contribution in [0.25, 0.3) is 0 Å². The second-order valence-electron chi connectivity index (χ2n) is 9.85. The Hall–Kier alpha value is -1.81. The first-order valence-electron chi connectivity index (χ1n) is 11.8. The number of fused-ring (bicyclic) bond motifs is 1. The molecule has 5 atom stereocenters. The number of hydrogen-bond acceptors (Lipinski definition) is 7. The van der Waals surface area contributed by atoms with E-state index < -0.39 is 46.3 Å². The molecule has 2 fully saturated rings. The lowest BCUT2D eigenvalue weighted by Gasteiger charge is -2.32. The first-order chi connectivity index (χ1) is 16.0. The lowest BCUT2D eigenvalue weighted by atomic mass is 10.0. The van der Waals surface area contributed by atoms with Crippen LogP contribution < -0.4 is 5.32 Å². The van der Waals surface area contributed by atoms with Crippen molar-refractivity contribution >= 4 is 9.84 Å². The smallest absolute Gasteiger partial charge is 0.190 e. The Balaban J connectivity index is 1.59. The quantitative estimate of drug-likeness (QED) is 0.576. The van der Waals surface area contributed by atoms with E-state index in [0.29, 0.717) is 11.5 Å². The molecule has 2 heterocycles. The second-order valence-corrected chi connectivity index (χ2v) is 11.9. The molecule has 0 aliphatic carbocycles. The van der Waals surface area contributed by atoms with E-state index in [4.69, 9.17) is 18.9 Å². The van der Waals surface area contributed by atoms with Crippen LogP contribution in [-0.2, 0) is 35.4 Å². The molecule has 2 saturated heterocycles. The van der Waals surface area contributed by atoms with Crippen molar-refractivity contribution in [3.63, 3.8) is 0 Å². The maximum absolute atomic E-state index is 13.3. The summed E-state index contributed by atoms with van der Waals surface area (Å²) < 4.78 is 51.4. The van der Waals surface area contributed by atoms with Crippen molar-refractivity contribution in [2.45, 2.75) is 88.6 Å². The molecule has 186 valence electrons. The van der Waals surface area contributed by atoms with Gasteiger partial charge in [0.2, 0.25) is 0 Å². The van der Waals surface area contributed by atoms with Gasteiger partial charge in [0.05, 0.1) is 23.3 Å². The molecule has 0 aromatic heterocycles. The number of rotatable bonds is 9. The fourth-order valence-corrected chi connectivity index (χ4v) is 6.03. The Bertz CT molecular complexity index is 1050. The summed E-state index contributed by atoms with van der Waals surface area (Å²) >= 11 is 0. The highest BCUT2D eigenvalue weighted by Gasteiger charge is 2.57. The van der Waals surface area contributed by atoms with Crippen LogP contribution >= 0.6 is 0 Å². The second kappa shape index (κ2) is 10.0. The van der Waals surface area contributed by atoms with E-state index in [-0.39, 0.29) is 11.8 Å². The van der Waals surface area contributed by atoms with Crippen LogP contribution in [-0.4, -0.2) is 56.6 Å². The maximum atomic E-state index is 13.3. The van der Waals surface area contributed by atoms with Gasteiger partial charge < -0.3 is 24.3 Å². The van der Waals surface area contributed by atoms with Crippen LogP contribution in [0.1, 0.15) is 38.8 Å². The van der Waals surface area contributed by atoms with E-state index in [1.54, 1.807) is 12.1 Å². The van der Waals surface area contributed by atoms with Crippen LogP contribution in [0.15, 0.2) is 59.5 Å². The van der Waals surface area contributed by atoms with Gasteiger partial charge in [0, 0.05) is 6.04 Å². The number of hydrogen-bond donors (Lipinski definition) is 1. The lowest BCUT2D eigenvalue weighted by molar-refractivity contribution is -0.222. The third kappa shape index (κ3) is 5.87. The Labute approximate surface area is 202 Å². The van der Waals surface area contributed by atoms with Crippen molar-refractivity contribution in [3.8, 4) is 0 Å². The topological polar surface area (TPSA) is 83.1 Å². The Morgan fingerprint density at radius 2 is 1.71 bits per heavy atom. The summed E-state index contributed by atoms with van der Waals surface area (Å²) in [5, 5.41) is 3.40. The summed E-state index contributed by atoms with van der Waals surface area (Å²) in [7, 11) is -3.58. The van der Waals surface area contributed by atoms with Gasteiger partial charge in [0.1, 0.15) is 18.3 Å². The zero-order valence-electron chi connectivity index (χ0n) is 20.4. The molecule has 0 spiro atoms. The number of benzene rings is 2. The first-order valence-corrected chi connectivity index (χ1v) is 13.4. The molecule has 2 aromatic rings. The van der Waals surface area contributed by atoms with Gasteiger partial charge in [-0.1, -0.05) is 61.9 Å². The molecule has 2 aliphatic heterocycles. The van der Waals surface area contributed by atoms with Crippen LogP contribution in [0.2, 0.25) is 0 Å². The fraction of sp³-hybridized carbons (Fsp3) is 0.538. The van der Waals surface area contributed by atoms with Crippen LogP contribution in [0.5, 0.6) is 0 Å². The molecule has 0 saturated carbocycles. The van der Waals surface area contributed by atoms with E-state index in [1.807, 2.05) is 77.1 Å². The van der Waals surface area contributed by atoms with Crippen molar-refractivity contribution in [1.29, 1.82) is 0 Å². The van der Waals surface area contributed by atoms with E-state index >= 15 is 0 Å². The van der Waals surface area contributed by atoms with Gasteiger partial charge in [-0.25, -0.2) is 8.42 Å². The number of nitrogens with one attached hydrogen (secondary N) is 1. The highest BCUT2D eigenvalue weighted by atomic mass is 32.2. The molecule has 0 radical (unpaired) electrons. The average molecular weight is 490 g/mol. The summed E-state index contributed by atoms with van der Waals surface area (Å²) in [6.07, 6.45) is -2.16. The van der Waals surface area contributed by atoms with Gasteiger partial charge in [0.25, 0.3) is 0 Å². The third-order valence-corrected chi connectivity index (χ3v) is 7.82. The van der Waals surface area contributed by atoms with E-state index in [9.17, 15) is 8.42 Å². The first kappa shape index (κ1) is 25.3. The maximum Gasteiger partial charge on any atom is 0.190 e. The summed E-state index contributed by atoms with van der Waals surface area (Å²) in [4.78, 5) is 0.294. The summed E-state index contributed by atoms with van der Waals surface area (Å²) in [5.74, 6) is -0.934. The number of ether oxygens (including phenoxy) is 4. The SMILES string of the molecule is Cc1ccc(S(=O)(=O)C[C@H](NC(C)C)[C@H]2O[C@@H]3OC(C)(C)O[C@@H]3[C@@H]2OCc2ccccc2)cc1. The van der Waals surface area contributed by atoms with Crippen molar-refractivity contribution in [2.24, 2.45) is 0 Å². The summed E-state index contributed by atoms with van der Waals surface area (Å²) in [6, 6.07) is 16.3. The minimum Gasteiger partial charge on any atom is -0.368 e. The van der Waals surface area contributed by atoms with Crippen LogP contribution in [0.3, 0.4) is 0 Å². The van der Waals surface area contributed by atoms with Crippen LogP contribution in [0, 0.1) is 6.92 Å². The highest BCUT2D eigenvalue weighted by molar-refractivity contribution is 7.91. The van der Waals surface area contributed by atoms with E-state index in [2.05, 4.69) is 5.32 Å². The van der Waals surface area contributed by atoms with Crippen molar-refractivity contribution in [2.75, 3.05) is 5.75 Å². The lowest BCUT2D eigenvalue weighted by Crippen LogP contribution is -2.53. The van der Waals surface area contributed by atoms with Gasteiger partial charge in [-0.3, -0.25) is 0 Å². The van der Waals surface area contributed by atoms with Gasteiger partial charge >= 0.3 is 0 Å². The fourth-order valence-electron chi connectivity index (χ4n) is 4.53. The summed E-state index contributed by atoms with van der Waals surface area (Å²) in [6.45, 7) is 9.93. The van der Waals surface area contributed by atoms with Crippen molar-refractivity contribution < 1.29 is 27.4 Å². The zero-order valence-corrected chi connectivity index (χ0v) is 21.2. The van der Waals surface area contributed by atoms with Crippen molar-refractivity contribution in [3.05, 3.63) is 65.7 Å². The van der Waals surface area contributed by atoms with Gasteiger partial charge in [-0.05, 0) is 38.5 Å². The van der Waals surface area contributed by atoms with Crippen LogP contribution in [0.4, 0.5) is 0 Å². The predicted octanol–water partition coefficient (Wildman–Crippen LogP) is 3.60. The number of aryl methyl sites for hydroxylation is 1. The summed E-state index contributed by atoms with van der Waals surface area (Å²) in [5.41, 5.74) is 2.03. The van der Waals surface area contributed by atoms with Gasteiger partial charge in [-0.15, -0.1) is 0 Å². The average Bonchev–Trinajstić information content (AvgIpc) is 3.24. The molecule has 1 N–H and O–H groups in total. The Morgan fingerprint density at radius 1 is 1.03 bits per heavy atom. The van der Waals surface area contributed by atoms with Crippen molar-refractivity contribution in [1.82, 2.24) is 5.32 Å². The minimum atomic E-state index is -3.58. The third-order valence-electron chi connectivity index (χ3n) is 6.04. The number of sulfone groups is 1. The van der Waals surface area contributed by atoms with E-state index in [1.165, 1.54) is 0 Å². The molecule has 4 rings (SSSR count). The molecule has 7 nitrogen and oxygen atoms in total. The van der Waals surface area contributed by atoms with E-state index in [0.717, 1.165) is 11.1 Å². The monoisotopic (exact) mass is 489 g/mol. The Kier molecular flexibility index (Phi) is 7.47. The molecule has 8 heteroatoms. The minimum absolute atomic E-state index is 0.0373. The largest absolute Gasteiger partial charge is 0.368 e. The molecular weight excluding hydrogens is 454 g/mol. The van der Waals surface area contributed by atoms with Gasteiger partial charge in [0.15, 0.2) is 21.9 Å². The Morgan fingerprint density at radius 3 is 2.35 bits per heavy atom. The standard InChI is InChI=1S/C26H35NO6S/c1-17(2)27-21(16-34(28,29)20-13-11-18(3)12-14-20)22-23(30-15-19-9-7-6-8-10-19)24-25(31-22)33-26(4,5)32-24/h6-14,17,21-25,27H,15-16H2,1-5H3/t21-,22+,23+,24+,25+/m0/s1. The molecule has 34 heavy (non-hydrogen) atoms. The molecule has 2 aromatic carbocycles. The zero-order chi connectivity index (χ0) is 24.5.